The monoisotopic (exact) mass is 293 g/mol. The van der Waals surface area contributed by atoms with Crippen molar-refractivity contribution in [2.75, 3.05) is 6.54 Å². The fourth-order valence-electron chi connectivity index (χ4n) is 2.59. The number of fused-ring (bicyclic) bond motifs is 1. The van der Waals surface area contributed by atoms with E-state index in [4.69, 9.17) is 0 Å². The van der Waals surface area contributed by atoms with E-state index < -0.39 is 0 Å². The van der Waals surface area contributed by atoms with Gasteiger partial charge in [-0.05, 0) is 49.6 Å². The molecule has 3 aromatic rings. The number of imidazole rings is 1. The number of hydrogen-bond acceptors (Lipinski definition) is 2. The number of nitrogens with one attached hydrogen (secondary N) is 2. The largest absolute Gasteiger partial charge is 0.342 e. The van der Waals surface area contributed by atoms with Crippen LogP contribution in [0.2, 0.25) is 0 Å². The molecule has 22 heavy (non-hydrogen) atoms. The molecule has 3 rings (SSSR count). The highest BCUT2D eigenvalue weighted by Crippen LogP contribution is 2.17. The first kappa shape index (κ1) is 14.8. The third-order valence-electron chi connectivity index (χ3n) is 4.13. The topological polar surface area (TPSA) is 40.7 Å². The van der Waals surface area contributed by atoms with Gasteiger partial charge in [-0.25, -0.2) is 4.98 Å². The van der Waals surface area contributed by atoms with Crippen LogP contribution in [0.4, 0.5) is 0 Å². The molecule has 0 unspecified atom stereocenters. The second kappa shape index (κ2) is 6.32. The lowest BCUT2D eigenvalue weighted by molar-refractivity contribution is 0.675. The Labute approximate surface area is 131 Å². The highest BCUT2D eigenvalue weighted by Gasteiger charge is 2.04. The lowest BCUT2D eigenvalue weighted by atomic mass is 10.1. The first-order chi connectivity index (χ1) is 10.6. The lowest BCUT2D eigenvalue weighted by Crippen LogP contribution is -2.17. The van der Waals surface area contributed by atoms with E-state index in [1.807, 2.05) is 0 Å². The van der Waals surface area contributed by atoms with Crippen molar-refractivity contribution in [3.63, 3.8) is 0 Å². The Morgan fingerprint density at radius 1 is 1.00 bits per heavy atom. The van der Waals surface area contributed by atoms with Crippen LogP contribution in [0.3, 0.4) is 0 Å². The van der Waals surface area contributed by atoms with E-state index in [2.05, 4.69) is 72.5 Å². The highest BCUT2D eigenvalue weighted by atomic mass is 14.9. The summed E-state index contributed by atoms with van der Waals surface area (Å²) in [5.74, 6) is 1.05. The number of nitrogens with zero attached hydrogens (tertiary/aromatic N) is 1. The van der Waals surface area contributed by atoms with E-state index in [1.165, 1.54) is 22.3 Å². The molecule has 0 saturated carbocycles. The van der Waals surface area contributed by atoms with E-state index in [0.29, 0.717) is 0 Å². The van der Waals surface area contributed by atoms with Gasteiger partial charge in [0.1, 0.15) is 5.82 Å². The van der Waals surface area contributed by atoms with Crippen LogP contribution in [0.5, 0.6) is 0 Å². The van der Waals surface area contributed by atoms with Crippen LogP contribution in [0.25, 0.3) is 11.0 Å². The molecule has 0 aliphatic carbocycles. The molecule has 1 heterocycles. The quantitative estimate of drug-likeness (QED) is 0.702. The minimum absolute atomic E-state index is 0.902. The zero-order chi connectivity index (χ0) is 15.5. The van der Waals surface area contributed by atoms with Gasteiger partial charge < -0.3 is 10.3 Å². The van der Waals surface area contributed by atoms with Crippen molar-refractivity contribution in [1.82, 2.24) is 15.3 Å². The molecule has 0 saturated heterocycles. The fraction of sp³-hybridized carbons (Fsp3) is 0.316. The predicted octanol–water partition coefficient (Wildman–Crippen LogP) is 3.82. The van der Waals surface area contributed by atoms with Crippen molar-refractivity contribution in [3.05, 3.63) is 64.5 Å². The van der Waals surface area contributed by atoms with Crippen molar-refractivity contribution in [2.45, 2.75) is 33.7 Å². The molecule has 3 heteroatoms. The Morgan fingerprint density at radius 3 is 2.50 bits per heavy atom. The van der Waals surface area contributed by atoms with Crippen molar-refractivity contribution >= 4 is 11.0 Å². The molecule has 0 bridgehead atoms. The van der Waals surface area contributed by atoms with Crippen LogP contribution in [-0.4, -0.2) is 16.5 Å². The minimum Gasteiger partial charge on any atom is -0.342 e. The predicted molar refractivity (Wildman–Crippen MR) is 92.2 cm³/mol. The van der Waals surface area contributed by atoms with Crippen LogP contribution in [0.1, 0.15) is 28.1 Å². The molecule has 0 aliphatic rings. The van der Waals surface area contributed by atoms with Crippen LogP contribution in [0, 0.1) is 20.8 Å². The van der Waals surface area contributed by atoms with Gasteiger partial charge in [-0.2, -0.15) is 0 Å². The zero-order valence-electron chi connectivity index (χ0n) is 13.5. The van der Waals surface area contributed by atoms with E-state index in [0.717, 1.165) is 36.4 Å². The number of aryl methyl sites for hydroxylation is 3. The number of hydrogen-bond donors (Lipinski definition) is 2. The summed E-state index contributed by atoms with van der Waals surface area (Å²) in [7, 11) is 0. The molecular weight excluding hydrogens is 270 g/mol. The summed E-state index contributed by atoms with van der Waals surface area (Å²) in [6.07, 6.45) is 0.915. The summed E-state index contributed by atoms with van der Waals surface area (Å²) in [6.45, 7) is 8.21. The van der Waals surface area contributed by atoms with Crippen molar-refractivity contribution in [1.29, 1.82) is 0 Å². The summed E-state index contributed by atoms with van der Waals surface area (Å²) < 4.78 is 0. The van der Waals surface area contributed by atoms with Gasteiger partial charge in [0, 0.05) is 19.5 Å². The summed E-state index contributed by atoms with van der Waals surface area (Å²) in [5, 5.41) is 3.48. The van der Waals surface area contributed by atoms with E-state index in [9.17, 15) is 0 Å². The normalized spacial score (nSPS) is 11.2. The van der Waals surface area contributed by atoms with Gasteiger partial charge in [0.2, 0.25) is 0 Å². The third kappa shape index (κ3) is 3.37. The number of benzene rings is 2. The molecule has 0 atom stereocenters. The van der Waals surface area contributed by atoms with Gasteiger partial charge in [0.25, 0.3) is 0 Å². The minimum atomic E-state index is 0.902. The number of aromatic nitrogens is 2. The van der Waals surface area contributed by atoms with Gasteiger partial charge in [0.05, 0.1) is 11.0 Å². The van der Waals surface area contributed by atoms with Crippen LogP contribution in [0.15, 0.2) is 36.4 Å². The molecule has 0 spiro atoms. The summed E-state index contributed by atoms with van der Waals surface area (Å²) in [5.41, 5.74) is 7.43. The highest BCUT2D eigenvalue weighted by molar-refractivity contribution is 5.77. The van der Waals surface area contributed by atoms with E-state index in [1.54, 1.807) is 0 Å². The second-order valence-corrected chi connectivity index (χ2v) is 6.05. The standard InChI is InChI=1S/C19H23N3/c1-13-4-6-16(7-5-13)12-20-9-8-19-21-17-10-14(2)15(3)11-18(17)22-19/h4-7,10-11,20H,8-9,12H2,1-3H3,(H,21,22). The zero-order valence-corrected chi connectivity index (χ0v) is 13.5. The molecule has 0 fully saturated rings. The molecule has 0 aliphatic heterocycles. The van der Waals surface area contributed by atoms with Crippen LogP contribution in [-0.2, 0) is 13.0 Å². The third-order valence-corrected chi connectivity index (χ3v) is 4.13. The second-order valence-electron chi connectivity index (χ2n) is 6.05. The maximum Gasteiger partial charge on any atom is 0.108 e. The Kier molecular flexibility index (Phi) is 4.25. The van der Waals surface area contributed by atoms with Crippen LogP contribution >= 0.6 is 0 Å². The first-order valence-corrected chi connectivity index (χ1v) is 7.84. The molecule has 2 aromatic carbocycles. The molecule has 2 N–H and O–H groups in total. The number of H-pyrrole nitrogens is 1. The van der Waals surface area contributed by atoms with Crippen LogP contribution < -0.4 is 5.32 Å². The SMILES string of the molecule is Cc1ccc(CNCCc2nc3cc(C)c(C)cc3[nH]2)cc1. The average molecular weight is 293 g/mol. The van der Waals surface area contributed by atoms with Gasteiger partial charge in [0.15, 0.2) is 0 Å². The van der Waals surface area contributed by atoms with E-state index >= 15 is 0 Å². The Morgan fingerprint density at radius 2 is 1.73 bits per heavy atom. The summed E-state index contributed by atoms with van der Waals surface area (Å²) >= 11 is 0. The Balaban J connectivity index is 1.56. The summed E-state index contributed by atoms with van der Waals surface area (Å²) in [4.78, 5) is 8.09. The van der Waals surface area contributed by atoms with Crippen molar-refractivity contribution in [2.24, 2.45) is 0 Å². The molecule has 114 valence electrons. The number of rotatable bonds is 5. The van der Waals surface area contributed by atoms with E-state index in [-0.39, 0.29) is 0 Å². The van der Waals surface area contributed by atoms with Gasteiger partial charge >= 0.3 is 0 Å². The first-order valence-electron chi connectivity index (χ1n) is 7.84. The Bertz CT molecular complexity index is 730. The average Bonchev–Trinajstić information content (AvgIpc) is 2.88. The van der Waals surface area contributed by atoms with Gasteiger partial charge in [-0.15, -0.1) is 0 Å². The molecular formula is C19H23N3. The lowest BCUT2D eigenvalue weighted by Gasteiger charge is -2.04. The summed E-state index contributed by atoms with van der Waals surface area (Å²) in [6, 6.07) is 13.0. The fourth-order valence-corrected chi connectivity index (χ4v) is 2.59. The molecule has 1 aromatic heterocycles. The maximum absolute atomic E-state index is 4.68. The number of aromatic amines is 1. The van der Waals surface area contributed by atoms with Gasteiger partial charge in [-0.1, -0.05) is 29.8 Å². The van der Waals surface area contributed by atoms with Crippen molar-refractivity contribution < 1.29 is 0 Å². The Hall–Kier alpha value is -2.13. The van der Waals surface area contributed by atoms with Crippen molar-refractivity contribution in [3.8, 4) is 0 Å². The molecule has 0 radical (unpaired) electrons. The molecule has 0 amide bonds. The maximum atomic E-state index is 4.68. The smallest absolute Gasteiger partial charge is 0.108 e. The molecule has 3 nitrogen and oxygen atoms in total. The van der Waals surface area contributed by atoms with Gasteiger partial charge in [-0.3, -0.25) is 0 Å².